The van der Waals surface area contributed by atoms with Crippen molar-refractivity contribution >= 4 is 28.5 Å². The van der Waals surface area contributed by atoms with E-state index >= 15 is 0 Å². The Balaban J connectivity index is 0.000000487. The maximum absolute atomic E-state index is 10.4. The highest BCUT2D eigenvalue weighted by Crippen LogP contribution is 2.06. The quantitative estimate of drug-likeness (QED) is 0.800. The van der Waals surface area contributed by atoms with Gasteiger partial charge in [0.05, 0.1) is 0 Å². The minimum absolute atomic E-state index is 0.361. The van der Waals surface area contributed by atoms with Crippen LogP contribution in [0.5, 0.6) is 0 Å². The van der Waals surface area contributed by atoms with Crippen LogP contribution in [0.2, 0.25) is 0 Å². The number of benzene rings is 1. The molecule has 0 radical (unpaired) electrons. The summed E-state index contributed by atoms with van der Waals surface area (Å²) in [4.78, 5) is 19.7. The molecule has 4 nitrogen and oxygen atoms in total. The Hall–Kier alpha value is -1.55. The van der Waals surface area contributed by atoms with Crippen LogP contribution >= 0.6 is 11.6 Å². The van der Waals surface area contributed by atoms with Crippen LogP contribution in [-0.4, -0.2) is 22.4 Å². The number of hydrogen-bond acceptors (Lipinski definition) is 3. The Morgan fingerprint density at radius 1 is 1.31 bits per heavy atom. The van der Waals surface area contributed by atoms with Gasteiger partial charge in [-0.25, -0.2) is 0 Å². The average Bonchev–Trinajstić information content (AvgIpc) is 2.18. The van der Waals surface area contributed by atoms with Gasteiger partial charge in [0, 0.05) is 12.6 Å². The van der Waals surface area contributed by atoms with E-state index in [0.29, 0.717) is 0 Å². The van der Waals surface area contributed by atoms with Crippen molar-refractivity contribution in [2.75, 3.05) is 5.32 Å². The molecular weight excluding hydrogens is 230 g/mol. The minimum Gasteiger partial charge on any atom is -0.480 e. The summed E-state index contributed by atoms with van der Waals surface area (Å²) in [5.41, 5.74) is 0.826. The molecule has 0 aliphatic rings. The van der Waals surface area contributed by atoms with Crippen LogP contribution in [0.1, 0.15) is 13.8 Å². The van der Waals surface area contributed by atoms with Crippen LogP contribution in [-0.2, 0) is 9.59 Å². The second kappa shape index (κ2) is 7.70. The van der Waals surface area contributed by atoms with Gasteiger partial charge >= 0.3 is 5.97 Å². The number of carbonyl (C=O) groups is 2. The molecule has 0 spiro atoms. The molecule has 0 bridgehead atoms. The second-order valence-corrected chi connectivity index (χ2v) is 3.57. The summed E-state index contributed by atoms with van der Waals surface area (Å²) in [6.45, 7) is 2.90. The summed E-state index contributed by atoms with van der Waals surface area (Å²) < 4.78 is 0. The molecule has 0 fully saturated rings. The molecule has 0 unspecified atom stereocenters. The predicted octanol–water partition coefficient (Wildman–Crippen LogP) is 2.34. The van der Waals surface area contributed by atoms with E-state index in [2.05, 4.69) is 16.9 Å². The number of hydrogen-bond donors (Lipinski definition) is 2. The first-order valence-electron chi connectivity index (χ1n) is 4.64. The molecular formula is C11H14ClNO3. The van der Waals surface area contributed by atoms with Crippen molar-refractivity contribution in [3.63, 3.8) is 0 Å². The molecule has 0 saturated carbocycles. The molecule has 1 aromatic rings. The number of carboxylic acids is 1. The van der Waals surface area contributed by atoms with Gasteiger partial charge in [0.1, 0.15) is 6.04 Å². The van der Waals surface area contributed by atoms with Crippen LogP contribution in [0.25, 0.3) is 0 Å². The summed E-state index contributed by atoms with van der Waals surface area (Å²) >= 11 is 4.64. The zero-order chi connectivity index (χ0) is 12.6. The van der Waals surface area contributed by atoms with E-state index < -0.39 is 12.0 Å². The first kappa shape index (κ1) is 14.5. The Morgan fingerprint density at radius 2 is 1.75 bits per heavy atom. The monoisotopic (exact) mass is 243 g/mol. The fourth-order valence-electron chi connectivity index (χ4n) is 0.846. The largest absolute Gasteiger partial charge is 0.480 e. The number of carbonyl (C=O) groups excluding carboxylic acids is 1. The minimum atomic E-state index is -0.848. The fraction of sp³-hybridized carbons (Fsp3) is 0.273. The number of nitrogens with one attached hydrogen (secondary N) is 1. The number of para-hydroxylation sites is 1. The summed E-state index contributed by atoms with van der Waals surface area (Å²) in [5, 5.41) is 11.1. The van der Waals surface area contributed by atoms with E-state index in [9.17, 15) is 9.59 Å². The summed E-state index contributed by atoms with van der Waals surface area (Å²) in [5.74, 6) is -0.848. The van der Waals surface area contributed by atoms with Gasteiger partial charge in [-0.05, 0) is 30.7 Å². The van der Waals surface area contributed by atoms with E-state index in [4.69, 9.17) is 5.11 Å². The van der Waals surface area contributed by atoms with Crippen LogP contribution in [0.15, 0.2) is 30.3 Å². The maximum Gasteiger partial charge on any atom is 0.325 e. The number of carboxylic acid groups (broad SMARTS) is 1. The molecule has 0 saturated heterocycles. The number of rotatable bonds is 3. The molecule has 2 N–H and O–H groups in total. The highest BCUT2D eigenvalue weighted by atomic mass is 35.5. The SMILES string of the molecule is CC(=O)Cl.C[C@H](Nc1ccccc1)C(=O)O. The third-order valence-electron chi connectivity index (χ3n) is 1.53. The molecule has 88 valence electrons. The van der Waals surface area contributed by atoms with Crippen LogP contribution in [0.4, 0.5) is 5.69 Å². The molecule has 0 heterocycles. The number of aliphatic carboxylic acids is 1. The van der Waals surface area contributed by atoms with Crippen molar-refractivity contribution < 1.29 is 14.7 Å². The lowest BCUT2D eigenvalue weighted by molar-refractivity contribution is -0.137. The van der Waals surface area contributed by atoms with Crippen LogP contribution < -0.4 is 5.32 Å². The lowest BCUT2D eigenvalue weighted by Crippen LogP contribution is -2.25. The molecule has 0 aliphatic carbocycles. The lowest BCUT2D eigenvalue weighted by atomic mass is 10.3. The highest BCUT2D eigenvalue weighted by molar-refractivity contribution is 6.62. The predicted molar refractivity (Wildman–Crippen MR) is 63.7 cm³/mol. The van der Waals surface area contributed by atoms with Crippen molar-refractivity contribution in [3.05, 3.63) is 30.3 Å². The zero-order valence-corrected chi connectivity index (χ0v) is 9.86. The molecule has 5 heteroatoms. The van der Waals surface area contributed by atoms with Crippen molar-refractivity contribution in [3.8, 4) is 0 Å². The van der Waals surface area contributed by atoms with Crippen molar-refractivity contribution in [2.45, 2.75) is 19.9 Å². The van der Waals surface area contributed by atoms with Gasteiger partial charge in [0.15, 0.2) is 0 Å². The lowest BCUT2D eigenvalue weighted by Gasteiger charge is -2.09. The standard InChI is InChI=1S/C9H11NO2.C2H3ClO/c1-7(9(11)12)10-8-5-3-2-4-6-8;1-2(3)4/h2-7,10H,1H3,(H,11,12);1H3/t7-;/m0./s1. The average molecular weight is 244 g/mol. The normalized spacial score (nSPS) is 10.7. The van der Waals surface area contributed by atoms with E-state index in [1.165, 1.54) is 6.92 Å². The molecule has 0 amide bonds. The first-order valence-corrected chi connectivity index (χ1v) is 5.01. The molecule has 0 aliphatic heterocycles. The zero-order valence-electron chi connectivity index (χ0n) is 9.11. The van der Waals surface area contributed by atoms with Crippen molar-refractivity contribution in [2.24, 2.45) is 0 Å². The van der Waals surface area contributed by atoms with Gasteiger partial charge in [-0.15, -0.1) is 0 Å². The summed E-state index contributed by atoms with van der Waals surface area (Å²) in [7, 11) is 0. The van der Waals surface area contributed by atoms with Crippen LogP contribution in [0, 0.1) is 0 Å². The topological polar surface area (TPSA) is 66.4 Å². The van der Waals surface area contributed by atoms with Crippen molar-refractivity contribution in [1.29, 1.82) is 0 Å². The molecule has 1 aromatic carbocycles. The maximum atomic E-state index is 10.4. The van der Waals surface area contributed by atoms with E-state index in [1.807, 2.05) is 30.3 Å². The fourth-order valence-corrected chi connectivity index (χ4v) is 0.846. The van der Waals surface area contributed by atoms with Crippen molar-refractivity contribution in [1.82, 2.24) is 0 Å². The third kappa shape index (κ3) is 7.82. The van der Waals surface area contributed by atoms with Gasteiger partial charge in [-0.1, -0.05) is 18.2 Å². The Bertz CT molecular complexity index is 336. The number of halogens is 1. The Labute approximate surface area is 99.2 Å². The Morgan fingerprint density at radius 3 is 2.12 bits per heavy atom. The van der Waals surface area contributed by atoms with Gasteiger partial charge in [0.2, 0.25) is 5.24 Å². The summed E-state index contributed by atoms with van der Waals surface area (Å²) in [6.07, 6.45) is 0. The van der Waals surface area contributed by atoms with E-state index in [1.54, 1.807) is 6.92 Å². The molecule has 0 aromatic heterocycles. The van der Waals surface area contributed by atoms with E-state index in [0.717, 1.165) is 5.69 Å². The van der Waals surface area contributed by atoms with Gasteiger partial charge in [0.25, 0.3) is 0 Å². The third-order valence-corrected chi connectivity index (χ3v) is 1.53. The first-order chi connectivity index (χ1) is 7.43. The summed E-state index contributed by atoms with van der Waals surface area (Å²) in [6, 6.07) is 8.72. The molecule has 1 atom stereocenters. The van der Waals surface area contributed by atoms with Gasteiger partial charge in [-0.2, -0.15) is 0 Å². The van der Waals surface area contributed by atoms with Gasteiger partial charge < -0.3 is 10.4 Å². The number of anilines is 1. The van der Waals surface area contributed by atoms with E-state index in [-0.39, 0.29) is 5.24 Å². The molecule has 16 heavy (non-hydrogen) atoms. The Kier molecular flexibility index (Phi) is 6.96. The van der Waals surface area contributed by atoms with Crippen LogP contribution in [0.3, 0.4) is 0 Å². The highest BCUT2D eigenvalue weighted by Gasteiger charge is 2.08. The van der Waals surface area contributed by atoms with Gasteiger partial charge in [-0.3, -0.25) is 9.59 Å². The molecule has 1 rings (SSSR count). The second-order valence-electron chi connectivity index (χ2n) is 3.04. The smallest absolute Gasteiger partial charge is 0.325 e.